The van der Waals surface area contributed by atoms with Gasteiger partial charge in [-0.3, -0.25) is 4.98 Å². The van der Waals surface area contributed by atoms with Crippen molar-refractivity contribution < 1.29 is 0 Å². The number of benzene rings is 1. The van der Waals surface area contributed by atoms with Crippen LogP contribution < -0.4 is 5.73 Å². The van der Waals surface area contributed by atoms with Crippen LogP contribution in [0.15, 0.2) is 36.7 Å². The van der Waals surface area contributed by atoms with E-state index >= 15 is 0 Å². The van der Waals surface area contributed by atoms with E-state index in [2.05, 4.69) is 15.0 Å². The molecule has 4 nitrogen and oxygen atoms in total. The number of aryl methyl sites for hydroxylation is 1. The molecule has 3 rings (SSSR count). The van der Waals surface area contributed by atoms with E-state index in [4.69, 9.17) is 5.73 Å². The van der Waals surface area contributed by atoms with Crippen molar-refractivity contribution in [3.05, 3.63) is 41.7 Å². The minimum Gasteiger partial charge on any atom is -0.330 e. The Morgan fingerprint density at radius 3 is 2.59 bits per heavy atom. The van der Waals surface area contributed by atoms with Crippen LogP contribution in [0.2, 0.25) is 0 Å². The summed E-state index contributed by atoms with van der Waals surface area (Å²) >= 11 is 1.72. The van der Waals surface area contributed by atoms with E-state index in [0.717, 1.165) is 41.0 Å². The third kappa shape index (κ3) is 3.67. The zero-order chi connectivity index (χ0) is 15.2. The molecule has 5 heteroatoms. The Morgan fingerprint density at radius 2 is 1.73 bits per heavy atom. The van der Waals surface area contributed by atoms with Crippen molar-refractivity contribution in [2.24, 2.45) is 5.73 Å². The molecular formula is C17H20N4S. The van der Waals surface area contributed by atoms with Gasteiger partial charge in [0.25, 0.3) is 0 Å². The summed E-state index contributed by atoms with van der Waals surface area (Å²) in [5.41, 5.74) is 8.27. The monoisotopic (exact) mass is 312 g/mol. The molecule has 0 aliphatic rings. The van der Waals surface area contributed by atoms with Crippen molar-refractivity contribution in [2.75, 3.05) is 6.54 Å². The van der Waals surface area contributed by atoms with Crippen LogP contribution in [0.5, 0.6) is 0 Å². The highest BCUT2D eigenvalue weighted by Crippen LogP contribution is 2.26. The second kappa shape index (κ2) is 7.42. The predicted molar refractivity (Wildman–Crippen MR) is 91.9 cm³/mol. The van der Waals surface area contributed by atoms with Crippen LogP contribution in [0, 0.1) is 0 Å². The molecule has 2 N–H and O–H groups in total. The Morgan fingerprint density at radius 1 is 0.909 bits per heavy atom. The normalized spacial score (nSPS) is 11.1. The van der Waals surface area contributed by atoms with E-state index in [1.54, 1.807) is 11.3 Å². The van der Waals surface area contributed by atoms with Gasteiger partial charge >= 0.3 is 0 Å². The van der Waals surface area contributed by atoms with Gasteiger partial charge in [-0.05, 0) is 37.9 Å². The molecule has 114 valence electrons. The van der Waals surface area contributed by atoms with E-state index in [1.807, 2.05) is 36.7 Å². The van der Waals surface area contributed by atoms with Gasteiger partial charge in [-0.1, -0.05) is 25.0 Å². The highest BCUT2D eigenvalue weighted by atomic mass is 32.1. The molecule has 22 heavy (non-hydrogen) atoms. The van der Waals surface area contributed by atoms with Crippen LogP contribution in [-0.4, -0.2) is 21.5 Å². The molecule has 2 heterocycles. The summed E-state index contributed by atoms with van der Waals surface area (Å²) < 4.78 is 0. The number of nitrogens with two attached hydrogens (primary N) is 1. The lowest BCUT2D eigenvalue weighted by Gasteiger charge is -1.99. The lowest BCUT2D eigenvalue weighted by atomic mass is 10.1. The average molecular weight is 312 g/mol. The molecule has 1 aromatic carbocycles. The Balaban J connectivity index is 1.66. The molecule has 0 atom stereocenters. The van der Waals surface area contributed by atoms with Gasteiger partial charge in [-0.2, -0.15) is 0 Å². The molecule has 0 fully saturated rings. The molecule has 0 spiro atoms. The van der Waals surface area contributed by atoms with Gasteiger partial charge in [-0.15, -0.1) is 11.3 Å². The third-order valence-corrected chi connectivity index (χ3v) is 4.68. The first-order valence-corrected chi connectivity index (χ1v) is 8.55. The summed E-state index contributed by atoms with van der Waals surface area (Å²) in [5, 5.41) is 1.18. The van der Waals surface area contributed by atoms with Crippen molar-refractivity contribution in [1.82, 2.24) is 15.0 Å². The van der Waals surface area contributed by atoms with Crippen LogP contribution in [0.25, 0.3) is 21.6 Å². The molecule has 0 radical (unpaired) electrons. The van der Waals surface area contributed by atoms with Crippen LogP contribution in [-0.2, 0) is 6.42 Å². The molecule has 0 aliphatic carbocycles. The minimum absolute atomic E-state index is 0.794. The Bertz CT molecular complexity index is 738. The number of fused-ring (bicyclic) bond motifs is 1. The van der Waals surface area contributed by atoms with Gasteiger partial charge in [0.2, 0.25) is 0 Å². The number of nitrogens with zero attached hydrogens (tertiary/aromatic N) is 3. The second-order valence-corrected chi connectivity index (χ2v) is 6.43. The second-order valence-electron chi connectivity index (χ2n) is 5.32. The smallest absolute Gasteiger partial charge is 0.101 e. The molecule has 0 saturated carbocycles. The predicted octanol–water partition coefficient (Wildman–Crippen LogP) is 3.81. The third-order valence-electron chi connectivity index (χ3n) is 3.60. The fraction of sp³-hybridized carbons (Fsp3) is 0.353. The minimum atomic E-state index is 0.794. The largest absolute Gasteiger partial charge is 0.330 e. The number of thiazole rings is 1. The van der Waals surface area contributed by atoms with Gasteiger partial charge < -0.3 is 5.73 Å². The molecule has 0 bridgehead atoms. The number of unbranched alkanes of at least 4 members (excludes halogenated alkanes) is 3. The van der Waals surface area contributed by atoms with E-state index in [-0.39, 0.29) is 0 Å². The maximum Gasteiger partial charge on any atom is 0.101 e. The van der Waals surface area contributed by atoms with Crippen molar-refractivity contribution in [3.63, 3.8) is 0 Å². The van der Waals surface area contributed by atoms with Crippen molar-refractivity contribution in [3.8, 4) is 10.6 Å². The summed E-state index contributed by atoms with van der Waals surface area (Å²) in [6.07, 6.45) is 9.52. The van der Waals surface area contributed by atoms with Gasteiger partial charge in [-0.25, -0.2) is 9.97 Å². The number of para-hydroxylation sites is 2. The van der Waals surface area contributed by atoms with Crippen molar-refractivity contribution >= 4 is 22.4 Å². The first kappa shape index (κ1) is 15.1. The fourth-order valence-corrected chi connectivity index (χ4v) is 3.31. The van der Waals surface area contributed by atoms with E-state index < -0.39 is 0 Å². The zero-order valence-electron chi connectivity index (χ0n) is 12.5. The maximum atomic E-state index is 5.51. The van der Waals surface area contributed by atoms with Gasteiger partial charge in [0.15, 0.2) is 0 Å². The number of hydrogen-bond acceptors (Lipinski definition) is 5. The number of hydrogen-bond donors (Lipinski definition) is 1. The highest BCUT2D eigenvalue weighted by molar-refractivity contribution is 7.15. The Kier molecular flexibility index (Phi) is 5.08. The molecule has 0 amide bonds. The van der Waals surface area contributed by atoms with E-state index in [1.165, 1.54) is 24.3 Å². The summed E-state index contributed by atoms with van der Waals surface area (Å²) in [7, 11) is 0. The molecule has 0 unspecified atom stereocenters. The SMILES string of the molecule is NCCCCCCc1ncc(-c2cnc3ccccc3n2)s1. The lowest BCUT2D eigenvalue weighted by Crippen LogP contribution is -1.97. The molecule has 0 aliphatic heterocycles. The van der Waals surface area contributed by atoms with Crippen molar-refractivity contribution in [1.29, 1.82) is 0 Å². The summed E-state index contributed by atoms with van der Waals surface area (Å²) in [6.45, 7) is 0.794. The van der Waals surface area contributed by atoms with Gasteiger partial charge in [0.1, 0.15) is 5.69 Å². The standard InChI is InChI=1S/C17H20N4S/c18-10-6-2-1-3-9-17-20-12-16(22-17)15-11-19-13-7-4-5-8-14(13)21-15/h4-5,7-8,11-12H,1-3,6,9-10,18H2. The average Bonchev–Trinajstić information content (AvgIpc) is 3.03. The number of aromatic nitrogens is 3. The molecule has 2 aromatic heterocycles. The van der Waals surface area contributed by atoms with Crippen LogP contribution in [0.3, 0.4) is 0 Å². The molecule has 3 aromatic rings. The molecular weight excluding hydrogens is 292 g/mol. The Hall–Kier alpha value is -1.85. The van der Waals surface area contributed by atoms with Crippen LogP contribution >= 0.6 is 11.3 Å². The van der Waals surface area contributed by atoms with E-state index in [9.17, 15) is 0 Å². The summed E-state index contributed by atoms with van der Waals surface area (Å²) in [4.78, 5) is 14.8. The Labute approximate surface area is 134 Å². The summed E-state index contributed by atoms with van der Waals surface area (Å²) in [5.74, 6) is 0. The topological polar surface area (TPSA) is 64.7 Å². The first-order chi connectivity index (χ1) is 10.9. The van der Waals surface area contributed by atoms with E-state index in [0.29, 0.717) is 0 Å². The first-order valence-electron chi connectivity index (χ1n) is 7.74. The van der Waals surface area contributed by atoms with Crippen LogP contribution in [0.4, 0.5) is 0 Å². The maximum absolute atomic E-state index is 5.51. The number of rotatable bonds is 7. The van der Waals surface area contributed by atoms with Crippen molar-refractivity contribution in [2.45, 2.75) is 32.1 Å². The quantitative estimate of drug-likeness (QED) is 0.674. The summed E-state index contributed by atoms with van der Waals surface area (Å²) in [6, 6.07) is 7.93. The lowest BCUT2D eigenvalue weighted by molar-refractivity contribution is 0.645. The van der Waals surface area contributed by atoms with Crippen LogP contribution in [0.1, 0.15) is 30.7 Å². The molecule has 0 saturated heterocycles. The van der Waals surface area contributed by atoms with Gasteiger partial charge in [0.05, 0.1) is 27.1 Å². The fourth-order valence-electron chi connectivity index (χ4n) is 2.39. The highest BCUT2D eigenvalue weighted by Gasteiger charge is 2.07. The van der Waals surface area contributed by atoms with Gasteiger partial charge in [0, 0.05) is 6.20 Å². The zero-order valence-corrected chi connectivity index (χ0v) is 13.4.